The predicted molar refractivity (Wildman–Crippen MR) is 95.7 cm³/mol. The summed E-state index contributed by atoms with van der Waals surface area (Å²) in [4.78, 5) is 14.7. The van der Waals surface area contributed by atoms with E-state index >= 15 is 0 Å². The van der Waals surface area contributed by atoms with Gasteiger partial charge in [-0.15, -0.1) is 0 Å². The van der Waals surface area contributed by atoms with E-state index in [0.29, 0.717) is 37.2 Å². The van der Waals surface area contributed by atoms with Crippen LogP contribution in [-0.2, 0) is 11.2 Å². The van der Waals surface area contributed by atoms with Gasteiger partial charge in [-0.1, -0.05) is 30.3 Å². The summed E-state index contributed by atoms with van der Waals surface area (Å²) < 4.78 is 5.92. The van der Waals surface area contributed by atoms with Crippen molar-refractivity contribution >= 4 is 16.9 Å². The van der Waals surface area contributed by atoms with E-state index in [1.54, 1.807) is 23.1 Å². The van der Waals surface area contributed by atoms with E-state index in [9.17, 15) is 9.90 Å². The molecule has 2 heterocycles. The second kappa shape index (κ2) is 6.86. The van der Waals surface area contributed by atoms with Crippen LogP contribution in [0.2, 0.25) is 0 Å². The highest BCUT2D eigenvalue weighted by Gasteiger charge is 2.38. The van der Waals surface area contributed by atoms with Crippen molar-refractivity contribution in [3.63, 3.8) is 0 Å². The Kier molecular flexibility index (Phi) is 4.40. The lowest BCUT2D eigenvalue weighted by molar-refractivity contribution is -0.123. The molecule has 3 aromatic rings. The lowest BCUT2D eigenvalue weighted by Crippen LogP contribution is -2.56. The van der Waals surface area contributed by atoms with Crippen LogP contribution in [0.15, 0.2) is 48.5 Å². The van der Waals surface area contributed by atoms with Crippen LogP contribution in [0.1, 0.15) is 15.9 Å². The van der Waals surface area contributed by atoms with Gasteiger partial charge in [0.25, 0.3) is 5.91 Å². The average Bonchev–Trinajstić information content (AvgIpc) is 3.16. The number of nitrogens with one attached hydrogen (secondary N) is 1. The van der Waals surface area contributed by atoms with Gasteiger partial charge in [0.15, 0.2) is 0 Å². The second-order valence-electron chi connectivity index (χ2n) is 6.61. The molecule has 0 saturated carbocycles. The van der Waals surface area contributed by atoms with Gasteiger partial charge in [0.05, 0.1) is 19.8 Å². The molecule has 26 heavy (non-hydrogen) atoms. The van der Waals surface area contributed by atoms with Gasteiger partial charge in [-0.3, -0.25) is 4.79 Å². The number of amides is 1. The van der Waals surface area contributed by atoms with Crippen LogP contribution in [0.5, 0.6) is 0 Å². The zero-order valence-electron chi connectivity index (χ0n) is 14.3. The second-order valence-corrected chi connectivity index (χ2v) is 6.61. The molecule has 1 saturated heterocycles. The van der Waals surface area contributed by atoms with Crippen LogP contribution in [0.3, 0.4) is 0 Å². The molecular weight excluding hydrogens is 332 g/mol. The lowest BCUT2D eigenvalue weighted by Gasteiger charge is -2.42. The molecular formula is C19H20N4O3. The van der Waals surface area contributed by atoms with Crippen molar-refractivity contribution in [2.75, 3.05) is 26.3 Å². The van der Waals surface area contributed by atoms with Gasteiger partial charge in [0.2, 0.25) is 0 Å². The Balaban J connectivity index is 1.55. The number of ether oxygens (including phenoxy) is 1. The first-order chi connectivity index (χ1) is 12.7. The summed E-state index contributed by atoms with van der Waals surface area (Å²) in [5.41, 5.74) is 2.21. The number of morpholine rings is 1. The summed E-state index contributed by atoms with van der Waals surface area (Å²) in [6, 6.07) is 15.1. The minimum absolute atomic E-state index is 0.0934. The molecule has 2 aromatic carbocycles. The maximum atomic E-state index is 13.0. The van der Waals surface area contributed by atoms with E-state index in [1.165, 1.54) is 0 Å². The zero-order valence-corrected chi connectivity index (χ0v) is 14.3. The summed E-state index contributed by atoms with van der Waals surface area (Å²) in [6.07, 6.45) is 0.552. The van der Waals surface area contributed by atoms with Crippen molar-refractivity contribution in [3.05, 3.63) is 59.7 Å². The number of benzene rings is 2. The summed E-state index contributed by atoms with van der Waals surface area (Å²) >= 11 is 0. The maximum Gasteiger partial charge on any atom is 0.254 e. The first-order valence-corrected chi connectivity index (χ1v) is 8.58. The van der Waals surface area contributed by atoms with E-state index < -0.39 is 5.60 Å². The number of aromatic amines is 1. The molecule has 0 unspecified atom stereocenters. The van der Waals surface area contributed by atoms with Gasteiger partial charge < -0.3 is 14.7 Å². The Hall–Kier alpha value is -2.77. The van der Waals surface area contributed by atoms with Crippen molar-refractivity contribution in [1.29, 1.82) is 0 Å². The van der Waals surface area contributed by atoms with Crippen LogP contribution in [0, 0.1) is 0 Å². The van der Waals surface area contributed by atoms with Crippen LogP contribution in [-0.4, -0.2) is 63.2 Å². The number of nitrogens with zero attached hydrogens (tertiary/aromatic N) is 3. The molecule has 1 aliphatic heterocycles. The van der Waals surface area contributed by atoms with E-state index in [1.807, 2.05) is 30.3 Å². The summed E-state index contributed by atoms with van der Waals surface area (Å²) in [6.45, 7) is 1.08. The SMILES string of the molecule is O=C(c1ccc2n[nH]nc2c1)N1CCO[C@](CO)(Cc2ccccc2)C1. The van der Waals surface area contributed by atoms with Gasteiger partial charge in [0, 0.05) is 18.5 Å². The third-order valence-corrected chi connectivity index (χ3v) is 4.76. The number of aromatic nitrogens is 3. The van der Waals surface area contributed by atoms with Gasteiger partial charge in [0.1, 0.15) is 16.6 Å². The molecule has 2 N–H and O–H groups in total. The van der Waals surface area contributed by atoms with E-state index in [4.69, 9.17) is 4.74 Å². The van der Waals surface area contributed by atoms with Crippen LogP contribution in [0.25, 0.3) is 11.0 Å². The van der Waals surface area contributed by atoms with Gasteiger partial charge >= 0.3 is 0 Å². The van der Waals surface area contributed by atoms with Crippen molar-refractivity contribution in [1.82, 2.24) is 20.3 Å². The minimum Gasteiger partial charge on any atom is -0.393 e. The fourth-order valence-corrected chi connectivity index (χ4v) is 3.40. The van der Waals surface area contributed by atoms with Gasteiger partial charge in [-0.2, -0.15) is 15.4 Å². The number of hydrogen-bond donors (Lipinski definition) is 2. The van der Waals surface area contributed by atoms with Crippen molar-refractivity contribution in [2.24, 2.45) is 0 Å². The fraction of sp³-hybridized carbons (Fsp3) is 0.316. The monoisotopic (exact) mass is 352 g/mol. The molecule has 134 valence electrons. The Morgan fingerprint density at radius 2 is 2.00 bits per heavy atom. The molecule has 1 fully saturated rings. The molecule has 1 amide bonds. The lowest BCUT2D eigenvalue weighted by atomic mass is 9.93. The first kappa shape index (κ1) is 16.7. The van der Waals surface area contributed by atoms with Crippen molar-refractivity contribution in [2.45, 2.75) is 12.0 Å². The van der Waals surface area contributed by atoms with Crippen LogP contribution < -0.4 is 0 Å². The number of rotatable bonds is 4. The molecule has 7 heteroatoms. The number of fused-ring (bicyclic) bond motifs is 1. The van der Waals surface area contributed by atoms with Crippen molar-refractivity contribution < 1.29 is 14.6 Å². The van der Waals surface area contributed by atoms with Gasteiger partial charge in [-0.25, -0.2) is 0 Å². The molecule has 4 rings (SSSR count). The van der Waals surface area contributed by atoms with E-state index in [0.717, 1.165) is 11.1 Å². The third-order valence-electron chi connectivity index (χ3n) is 4.76. The van der Waals surface area contributed by atoms with Gasteiger partial charge in [-0.05, 0) is 23.8 Å². The Labute approximate surface area is 150 Å². The molecule has 1 aromatic heterocycles. The standard InChI is InChI=1S/C19H20N4O3/c24-13-19(11-14-4-2-1-3-5-14)12-23(8-9-26-19)18(25)15-6-7-16-17(10-15)21-22-20-16/h1-7,10,24H,8-9,11-13H2,(H,20,21,22)/t19-/m1/s1. The van der Waals surface area contributed by atoms with E-state index in [-0.39, 0.29) is 12.5 Å². The van der Waals surface area contributed by atoms with Crippen LogP contribution >= 0.6 is 0 Å². The topological polar surface area (TPSA) is 91.3 Å². The number of H-pyrrole nitrogens is 1. The third kappa shape index (κ3) is 3.18. The van der Waals surface area contributed by atoms with E-state index in [2.05, 4.69) is 15.4 Å². The Bertz CT molecular complexity index is 911. The summed E-state index contributed by atoms with van der Waals surface area (Å²) in [5.74, 6) is -0.0934. The summed E-state index contributed by atoms with van der Waals surface area (Å²) in [7, 11) is 0. The maximum absolute atomic E-state index is 13.0. The summed E-state index contributed by atoms with van der Waals surface area (Å²) in [5, 5.41) is 20.6. The quantitative estimate of drug-likeness (QED) is 0.741. The van der Waals surface area contributed by atoms with Crippen molar-refractivity contribution in [3.8, 4) is 0 Å². The normalized spacial score (nSPS) is 20.4. The first-order valence-electron chi connectivity index (χ1n) is 8.58. The highest BCUT2D eigenvalue weighted by Crippen LogP contribution is 2.24. The molecule has 0 bridgehead atoms. The number of hydrogen-bond acceptors (Lipinski definition) is 5. The molecule has 0 aliphatic carbocycles. The molecule has 1 atom stereocenters. The van der Waals surface area contributed by atoms with Crippen LogP contribution in [0.4, 0.5) is 0 Å². The largest absolute Gasteiger partial charge is 0.393 e. The highest BCUT2D eigenvalue weighted by atomic mass is 16.5. The number of aliphatic hydroxyl groups excluding tert-OH is 1. The Morgan fingerprint density at radius 1 is 1.19 bits per heavy atom. The Morgan fingerprint density at radius 3 is 2.81 bits per heavy atom. The number of carbonyl (C=O) groups excluding carboxylic acids is 1. The highest BCUT2D eigenvalue weighted by molar-refractivity contribution is 5.97. The molecule has 0 radical (unpaired) electrons. The molecule has 1 aliphatic rings. The minimum atomic E-state index is -0.784. The smallest absolute Gasteiger partial charge is 0.254 e. The number of carbonyl (C=O) groups is 1. The average molecular weight is 352 g/mol. The molecule has 0 spiro atoms. The predicted octanol–water partition coefficient (Wildman–Crippen LogP) is 1.40. The zero-order chi connectivity index (χ0) is 18.0. The number of aliphatic hydroxyl groups is 1. The molecule has 7 nitrogen and oxygen atoms in total. The fourth-order valence-electron chi connectivity index (χ4n) is 3.40.